The molecule has 2 atom stereocenters. The van der Waals surface area contributed by atoms with Gasteiger partial charge in [0.1, 0.15) is 0 Å². The maximum absolute atomic E-state index is 12.5. The van der Waals surface area contributed by atoms with Gasteiger partial charge in [0.2, 0.25) is 5.91 Å². The molecular weight excluding hydrogens is 879 g/mol. The smallest absolute Gasteiger partial charge is 0.220 e. The van der Waals surface area contributed by atoms with Crippen LogP contribution in [0.4, 0.5) is 0 Å². The van der Waals surface area contributed by atoms with E-state index < -0.39 is 12.1 Å². The van der Waals surface area contributed by atoms with Gasteiger partial charge in [0, 0.05) is 6.42 Å². The summed E-state index contributed by atoms with van der Waals surface area (Å²) < 4.78 is 0. The zero-order chi connectivity index (χ0) is 52.0. The molecule has 0 aromatic carbocycles. The third kappa shape index (κ3) is 58.5. The van der Waals surface area contributed by atoms with Crippen molar-refractivity contribution in [2.45, 2.75) is 334 Å². The first-order chi connectivity index (χ1) is 35.7. The summed E-state index contributed by atoms with van der Waals surface area (Å²) in [6.07, 6.45) is 91.7. The van der Waals surface area contributed by atoms with E-state index in [0.29, 0.717) is 12.8 Å². The fraction of sp³-hybridized carbons (Fsp3) is 0.779. The number of carbonyl (C=O) groups excluding carboxylic acids is 1. The summed E-state index contributed by atoms with van der Waals surface area (Å²) in [7, 11) is 0. The van der Waals surface area contributed by atoms with Crippen LogP contribution < -0.4 is 5.32 Å². The summed E-state index contributed by atoms with van der Waals surface area (Å²) in [6, 6.07) is -0.540. The van der Waals surface area contributed by atoms with Crippen LogP contribution in [0.25, 0.3) is 0 Å². The molecule has 0 aliphatic rings. The average molecular weight is 1000 g/mol. The lowest BCUT2D eigenvalue weighted by molar-refractivity contribution is -0.123. The van der Waals surface area contributed by atoms with Crippen molar-refractivity contribution in [3.05, 3.63) is 85.1 Å². The number of aliphatic hydroxyl groups is 2. The summed E-state index contributed by atoms with van der Waals surface area (Å²) in [4.78, 5) is 12.5. The average Bonchev–Trinajstić information content (AvgIpc) is 3.39. The van der Waals surface area contributed by atoms with Gasteiger partial charge in [-0.05, 0) is 70.6 Å². The van der Waals surface area contributed by atoms with Crippen molar-refractivity contribution in [1.82, 2.24) is 5.32 Å². The highest BCUT2D eigenvalue weighted by molar-refractivity contribution is 5.76. The van der Waals surface area contributed by atoms with Crippen LogP contribution in [0.3, 0.4) is 0 Å². The van der Waals surface area contributed by atoms with Gasteiger partial charge < -0.3 is 15.5 Å². The Morgan fingerprint density at radius 1 is 0.347 bits per heavy atom. The zero-order valence-electron chi connectivity index (χ0n) is 48.2. The summed E-state index contributed by atoms with van der Waals surface area (Å²) in [5.41, 5.74) is 0. The van der Waals surface area contributed by atoms with Crippen LogP contribution in [0.1, 0.15) is 322 Å². The van der Waals surface area contributed by atoms with Crippen LogP contribution in [0.15, 0.2) is 85.1 Å². The molecule has 0 aliphatic heterocycles. The largest absolute Gasteiger partial charge is 0.394 e. The second-order valence-electron chi connectivity index (χ2n) is 21.5. The molecule has 0 saturated heterocycles. The highest BCUT2D eigenvalue weighted by Gasteiger charge is 2.20. The molecule has 72 heavy (non-hydrogen) atoms. The third-order valence-corrected chi connectivity index (χ3v) is 14.4. The molecule has 0 heterocycles. The number of unbranched alkanes of at least 4 members (excludes halogenated alkanes) is 37. The predicted octanol–water partition coefficient (Wildman–Crippen LogP) is 21.5. The first-order valence-corrected chi connectivity index (χ1v) is 31.8. The van der Waals surface area contributed by atoms with Crippen molar-refractivity contribution >= 4 is 5.91 Å². The summed E-state index contributed by atoms with van der Waals surface area (Å²) in [5.74, 6) is -0.0285. The number of hydrogen-bond acceptors (Lipinski definition) is 3. The van der Waals surface area contributed by atoms with Crippen LogP contribution in [0.5, 0.6) is 0 Å². The van der Waals surface area contributed by atoms with Gasteiger partial charge in [0.05, 0.1) is 18.8 Å². The van der Waals surface area contributed by atoms with Gasteiger partial charge in [0.25, 0.3) is 0 Å². The van der Waals surface area contributed by atoms with E-state index in [0.717, 1.165) is 70.6 Å². The van der Waals surface area contributed by atoms with Gasteiger partial charge >= 0.3 is 0 Å². The van der Waals surface area contributed by atoms with Crippen molar-refractivity contribution in [3.8, 4) is 0 Å². The van der Waals surface area contributed by atoms with E-state index in [1.807, 2.05) is 0 Å². The van der Waals surface area contributed by atoms with Gasteiger partial charge in [-0.3, -0.25) is 4.79 Å². The van der Waals surface area contributed by atoms with Crippen molar-refractivity contribution < 1.29 is 15.0 Å². The van der Waals surface area contributed by atoms with E-state index in [4.69, 9.17) is 0 Å². The van der Waals surface area contributed by atoms with Crippen LogP contribution in [0.2, 0.25) is 0 Å². The maximum atomic E-state index is 12.5. The molecule has 0 rings (SSSR count). The Bertz CT molecular complexity index is 1270. The Kier molecular flexibility index (Phi) is 60.7. The standard InChI is InChI=1S/C68H123NO3/c1-3-5-7-9-11-13-15-17-19-21-23-25-26-27-28-29-30-31-32-33-34-35-36-37-38-39-40-41-42-44-46-48-50-52-54-56-58-60-62-64-68(72)69-66(65-70)67(71)63-61-59-57-55-53-51-49-47-45-43-24-22-20-18-16-14-12-10-8-6-4-2/h5,7,11,13,17,19,23,25,27-28,30-31,33-34,66-67,70-71H,3-4,6,8-10,12,14-16,18,20-22,24,26,29,32,35-65H2,1-2H3,(H,69,72)/b7-5-,13-11-,19-17-,25-23-,28-27-,31-30-,34-33-. The van der Waals surface area contributed by atoms with Gasteiger partial charge in [-0.25, -0.2) is 0 Å². The monoisotopic (exact) mass is 1000 g/mol. The molecule has 0 aliphatic carbocycles. The summed E-state index contributed by atoms with van der Waals surface area (Å²) in [5, 5.41) is 23.4. The zero-order valence-corrected chi connectivity index (χ0v) is 48.2. The Balaban J connectivity index is 3.46. The molecule has 418 valence electrons. The van der Waals surface area contributed by atoms with Gasteiger partial charge in [-0.15, -0.1) is 0 Å². The highest BCUT2D eigenvalue weighted by atomic mass is 16.3. The van der Waals surface area contributed by atoms with Gasteiger partial charge in [-0.2, -0.15) is 0 Å². The van der Waals surface area contributed by atoms with E-state index in [1.54, 1.807) is 0 Å². The third-order valence-electron chi connectivity index (χ3n) is 14.4. The molecule has 4 nitrogen and oxygen atoms in total. The number of nitrogens with one attached hydrogen (secondary N) is 1. The minimum Gasteiger partial charge on any atom is -0.394 e. The van der Waals surface area contributed by atoms with Crippen molar-refractivity contribution in [3.63, 3.8) is 0 Å². The minimum absolute atomic E-state index is 0.0285. The second kappa shape index (κ2) is 62.9. The number of carbonyl (C=O) groups is 1. The summed E-state index contributed by atoms with van der Waals surface area (Å²) >= 11 is 0. The first-order valence-electron chi connectivity index (χ1n) is 31.8. The predicted molar refractivity (Wildman–Crippen MR) is 322 cm³/mol. The minimum atomic E-state index is -0.663. The number of allylic oxidation sites excluding steroid dienone is 14. The molecular formula is C68H123NO3. The van der Waals surface area contributed by atoms with E-state index in [1.165, 1.54) is 225 Å². The molecule has 0 saturated carbocycles. The van der Waals surface area contributed by atoms with Crippen LogP contribution >= 0.6 is 0 Å². The van der Waals surface area contributed by atoms with E-state index in [9.17, 15) is 15.0 Å². The SMILES string of the molecule is CC/C=C\C/C=C\C/C=C\C/C=C\C/C=C\C/C=C\C/C=C\CCCCCCCCCCCCCCCCCCCC(=O)NC(CO)C(O)CCCCCCCCCCCCCCCCCCCCCCC. The Hall–Kier alpha value is -2.43. The van der Waals surface area contributed by atoms with Gasteiger partial charge in [0.15, 0.2) is 0 Å². The van der Waals surface area contributed by atoms with E-state index in [2.05, 4.69) is 104 Å². The molecule has 0 spiro atoms. The van der Waals surface area contributed by atoms with Crippen LogP contribution in [-0.2, 0) is 4.79 Å². The number of hydrogen-bond donors (Lipinski definition) is 3. The van der Waals surface area contributed by atoms with E-state index in [-0.39, 0.29) is 12.5 Å². The molecule has 3 N–H and O–H groups in total. The van der Waals surface area contributed by atoms with Gasteiger partial charge in [-0.1, -0.05) is 330 Å². The highest BCUT2D eigenvalue weighted by Crippen LogP contribution is 2.18. The fourth-order valence-corrected chi connectivity index (χ4v) is 9.64. The molecule has 1 amide bonds. The van der Waals surface area contributed by atoms with Crippen LogP contribution in [0, 0.1) is 0 Å². The number of aliphatic hydroxyl groups excluding tert-OH is 2. The Morgan fingerprint density at radius 3 is 0.917 bits per heavy atom. The van der Waals surface area contributed by atoms with Crippen molar-refractivity contribution in [2.24, 2.45) is 0 Å². The molecule has 4 heteroatoms. The number of rotatable bonds is 58. The van der Waals surface area contributed by atoms with E-state index >= 15 is 0 Å². The molecule has 0 fully saturated rings. The molecule has 0 aromatic heterocycles. The van der Waals surface area contributed by atoms with Crippen LogP contribution in [-0.4, -0.2) is 34.9 Å². The fourth-order valence-electron chi connectivity index (χ4n) is 9.64. The first kappa shape index (κ1) is 69.6. The lowest BCUT2D eigenvalue weighted by Crippen LogP contribution is -2.45. The van der Waals surface area contributed by atoms with Crippen molar-refractivity contribution in [2.75, 3.05) is 6.61 Å². The molecule has 0 radical (unpaired) electrons. The lowest BCUT2D eigenvalue weighted by Gasteiger charge is -2.22. The summed E-state index contributed by atoms with van der Waals surface area (Å²) in [6.45, 7) is 4.27. The molecule has 2 unspecified atom stereocenters. The molecule has 0 aromatic rings. The normalized spacial score (nSPS) is 13.3. The number of amides is 1. The second-order valence-corrected chi connectivity index (χ2v) is 21.5. The lowest BCUT2D eigenvalue weighted by atomic mass is 10.0. The molecule has 0 bridgehead atoms. The maximum Gasteiger partial charge on any atom is 0.220 e. The Labute approximate surface area is 450 Å². The Morgan fingerprint density at radius 2 is 0.611 bits per heavy atom. The quantitative estimate of drug-likeness (QED) is 0.0420. The topological polar surface area (TPSA) is 69.6 Å². The van der Waals surface area contributed by atoms with Crippen molar-refractivity contribution in [1.29, 1.82) is 0 Å².